The zero-order chi connectivity index (χ0) is 18.2. The van der Waals surface area contributed by atoms with Gasteiger partial charge in [0.05, 0.1) is 18.5 Å². The molecular weight excluding hydrogens is 324 g/mol. The zero-order valence-electron chi connectivity index (χ0n) is 15.2. The molecule has 1 heterocycles. The van der Waals surface area contributed by atoms with Gasteiger partial charge in [-0.05, 0) is 18.6 Å². The molecule has 0 aliphatic heterocycles. The van der Waals surface area contributed by atoms with Gasteiger partial charge in [-0.25, -0.2) is 4.98 Å². The summed E-state index contributed by atoms with van der Waals surface area (Å²) in [6.07, 6.45) is 2.23. The molecule has 0 saturated carbocycles. The fraction of sp³-hybridized carbons (Fsp3) is 0.238. The summed E-state index contributed by atoms with van der Waals surface area (Å²) in [4.78, 5) is 9.30. The zero-order valence-corrected chi connectivity index (χ0v) is 15.2. The Morgan fingerprint density at radius 3 is 2.50 bits per heavy atom. The summed E-state index contributed by atoms with van der Waals surface area (Å²) in [6.45, 7) is 3.06. The van der Waals surface area contributed by atoms with Crippen LogP contribution in [0, 0.1) is 0 Å². The quantitative estimate of drug-likeness (QED) is 0.554. The van der Waals surface area contributed by atoms with Crippen LogP contribution in [0.1, 0.15) is 19.8 Å². The topological polar surface area (TPSA) is 59.1 Å². The normalized spacial score (nSPS) is 10.4. The number of hydrogen-bond donors (Lipinski definition) is 2. The maximum Gasteiger partial charge on any atom is 0.229 e. The van der Waals surface area contributed by atoms with Gasteiger partial charge in [0.2, 0.25) is 5.95 Å². The van der Waals surface area contributed by atoms with Crippen LogP contribution in [-0.4, -0.2) is 23.6 Å². The summed E-state index contributed by atoms with van der Waals surface area (Å²) in [7, 11) is 1.65. The number of aromatic nitrogens is 2. The first-order valence-corrected chi connectivity index (χ1v) is 8.88. The average molecular weight is 348 g/mol. The molecule has 0 saturated heterocycles. The first-order chi connectivity index (χ1) is 12.8. The Morgan fingerprint density at radius 2 is 1.73 bits per heavy atom. The fourth-order valence-corrected chi connectivity index (χ4v) is 2.61. The number of rotatable bonds is 8. The van der Waals surface area contributed by atoms with Crippen LogP contribution in [0.25, 0.3) is 11.3 Å². The van der Waals surface area contributed by atoms with Crippen LogP contribution in [0.5, 0.6) is 5.75 Å². The number of methoxy groups -OCH3 is 1. The maximum atomic E-state index is 5.41. The van der Waals surface area contributed by atoms with E-state index in [2.05, 4.69) is 27.5 Å². The van der Waals surface area contributed by atoms with Crippen molar-refractivity contribution >= 4 is 17.5 Å². The molecule has 5 nitrogen and oxygen atoms in total. The molecule has 0 fully saturated rings. The molecule has 5 heteroatoms. The second-order valence-electron chi connectivity index (χ2n) is 5.93. The van der Waals surface area contributed by atoms with Crippen molar-refractivity contribution in [3.8, 4) is 17.0 Å². The highest BCUT2D eigenvalue weighted by Crippen LogP contribution is 2.28. The van der Waals surface area contributed by atoms with Crippen LogP contribution >= 0.6 is 0 Å². The highest BCUT2D eigenvalue weighted by atomic mass is 16.5. The first kappa shape index (κ1) is 17.7. The highest BCUT2D eigenvalue weighted by Gasteiger charge is 2.09. The molecule has 0 bridgehead atoms. The lowest BCUT2D eigenvalue weighted by molar-refractivity contribution is 0.417. The Morgan fingerprint density at radius 1 is 0.962 bits per heavy atom. The van der Waals surface area contributed by atoms with Crippen molar-refractivity contribution < 1.29 is 4.74 Å². The smallest absolute Gasteiger partial charge is 0.229 e. The number of nitrogens with zero attached hydrogens (tertiary/aromatic N) is 2. The van der Waals surface area contributed by atoms with E-state index in [1.807, 2.05) is 60.7 Å². The van der Waals surface area contributed by atoms with Crippen LogP contribution in [0.15, 0.2) is 60.7 Å². The van der Waals surface area contributed by atoms with Crippen molar-refractivity contribution in [1.82, 2.24) is 9.97 Å². The highest BCUT2D eigenvalue weighted by molar-refractivity contribution is 5.68. The maximum absolute atomic E-state index is 5.41. The van der Waals surface area contributed by atoms with Gasteiger partial charge >= 0.3 is 0 Å². The van der Waals surface area contributed by atoms with E-state index in [-0.39, 0.29) is 0 Å². The minimum absolute atomic E-state index is 0.537. The third kappa shape index (κ3) is 4.51. The summed E-state index contributed by atoms with van der Waals surface area (Å²) in [5.41, 5.74) is 2.76. The largest absolute Gasteiger partial charge is 0.495 e. The van der Waals surface area contributed by atoms with Gasteiger partial charge in [-0.2, -0.15) is 4.98 Å². The molecule has 0 amide bonds. The van der Waals surface area contributed by atoms with Crippen LogP contribution in [0.3, 0.4) is 0 Å². The molecule has 2 N–H and O–H groups in total. The number of nitrogens with one attached hydrogen (secondary N) is 2. The van der Waals surface area contributed by atoms with Crippen molar-refractivity contribution in [2.75, 3.05) is 24.3 Å². The molecular formula is C21H24N4O. The number of ether oxygens (including phenoxy) is 1. The van der Waals surface area contributed by atoms with Gasteiger partial charge in [0.15, 0.2) is 0 Å². The molecule has 1 aromatic heterocycles. The molecule has 3 rings (SSSR count). The second kappa shape index (κ2) is 8.85. The molecule has 0 aliphatic carbocycles. The number of hydrogen-bond acceptors (Lipinski definition) is 5. The van der Waals surface area contributed by atoms with Gasteiger partial charge in [-0.15, -0.1) is 0 Å². The summed E-state index contributed by atoms with van der Waals surface area (Å²) in [5.74, 6) is 2.10. The molecule has 26 heavy (non-hydrogen) atoms. The fourth-order valence-electron chi connectivity index (χ4n) is 2.61. The Kier molecular flexibility index (Phi) is 6.04. The van der Waals surface area contributed by atoms with Crippen molar-refractivity contribution in [3.05, 3.63) is 60.7 Å². The van der Waals surface area contributed by atoms with Gasteiger partial charge in [-0.1, -0.05) is 55.8 Å². The van der Waals surface area contributed by atoms with Crippen LogP contribution in [0.2, 0.25) is 0 Å². The van der Waals surface area contributed by atoms with Gasteiger partial charge in [0.1, 0.15) is 11.6 Å². The third-order valence-electron chi connectivity index (χ3n) is 3.99. The lowest BCUT2D eigenvalue weighted by Gasteiger charge is -2.13. The molecule has 3 aromatic rings. The summed E-state index contributed by atoms with van der Waals surface area (Å²) in [5, 5.41) is 6.67. The molecule has 134 valence electrons. The van der Waals surface area contributed by atoms with Crippen molar-refractivity contribution in [1.29, 1.82) is 0 Å². The molecule has 0 atom stereocenters. The van der Waals surface area contributed by atoms with E-state index in [4.69, 9.17) is 4.74 Å². The minimum Gasteiger partial charge on any atom is -0.495 e. The summed E-state index contributed by atoms with van der Waals surface area (Å²) < 4.78 is 5.41. The standard InChI is InChI=1S/C21H24N4O/c1-3-4-14-22-20-15-18(16-10-6-5-7-11-16)24-21(25-20)23-17-12-8-9-13-19(17)26-2/h5-13,15H,3-4,14H2,1-2H3,(H2,22,23,24,25). The molecule has 0 spiro atoms. The Labute approximate surface area is 154 Å². The number of para-hydroxylation sites is 2. The minimum atomic E-state index is 0.537. The Hall–Kier alpha value is -3.08. The van der Waals surface area contributed by atoms with E-state index < -0.39 is 0 Å². The Bertz CT molecular complexity index is 836. The summed E-state index contributed by atoms with van der Waals surface area (Å²) in [6, 6.07) is 19.8. The molecule has 0 unspecified atom stereocenters. The van der Waals surface area contributed by atoms with Gasteiger partial charge in [-0.3, -0.25) is 0 Å². The van der Waals surface area contributed by atoms with Crippen molar-refractivity contribution in [2.24, 2.45) is 0 Å². The number of unbranched alkanes of at least 4 members (excludes halogenated alkanes) is 1. The average Bonchev–Trinajstić information content (AvgIpc) is 2.69. The van der Waals surface area contributed by atoms with Gasteiger partial charge < -0.3 is 15.4 Å². The van der Waals surface area contributed by atoms with Crippen LogP contribution < -0.4 is 15.4 Å². The first-order valence-electron chi connectivity index (χ1n) is 8.88. The van der Waals surface area contributed by atoms with Crippen molar-refractivity contribution in [3.63, 3.8) is 0 Å². The summed E-state index contributed by atoms with van der Waals surface area (Å²) >= 11 is 0. The molecule has 0 radical (unpaired) electrons. The number of anilines is 3. The van der Waals surface area contributed by atoms with E-state index in [9.17, 15) is 0 Å². The van der Waals surface area contributed by atoms with E-state index in [0.717, 1.165) is 47.9 Å². The Balaban J connectivity index is 1.93. The van der Waals surface area contributed by atoms with Gasteiger partial charge in [0, 0.05) is 18.2 Å². The predicted octanol–water partition coefficient (Wildman–Crippen LogP) is 5.11. The number of benzene rings is 2. The molecule has 0 aliphatic rings. The van der Waals surface area contributed by atoms with Crippen LogP contribution in [-0.2, 0) is 0 Å². The van der Waals surface area contributed by atoms with Crippen LogP contribution in [0.4, 0.5) is 17.5 Å². The van der Waals surface area contributed by atoms with E-state index >= 15 is 0 Å². The van der Waals surface area contributed by atoms with E-state index in [1.165, 1.54) is 0 Å². The monoisotopic (exact) mass is 348 g/mol. The third-order valence-corrected chi connectivity index (χ3v) is 3.99. The SMILES string of the molecule is CCCCNc1cc(-c2ccccc2)nc(Nc2ccccc2OC)n1. The second-order valence-corrected chi connectivity index (χ2v) is 5.93. The lowest BCUT2D eigenvalue weighted by Crippen LogP contribution is -2.07. The lowest BCUT2D eigenvalue weighted by atomic mass is 10.1. The van der Waals surface area contributed by atoms with Gasteiger partial charge in [0.25, 0.3) is 0 Å². The van der Waals surface area contributed by atoms with E-state index in [1.54, 1.807) is 7.11 Å². The molecule has 2 aromatic carbocycles. The predicted molar refractivity (Wildman–Crippen MR) is 107 cm³/mol. The van der Waals surface area contributed by atoms with E-state index in [0.29, 0.717) is 5.95 Å². The van der Waals surface area contributed by atoms with Crippen molar-refractivity contribution in [2.45, 2.75) is 19.8 Å².